The van der Waals surface area contributed by atoms with E-state index in [2.05, 4.69) is 55.7 Å². The molecule has 0 heterocycles. The van der Waals surface area contributed by atoms with E-state index in [4.69, 9.17) is 0 Å². The van der Waals surface area contributed by atoms with E-state index < -0.39 is 0 Å². The molecule has 0 bridgehead atoms. The minimum absolute atomic E-state index is 0.732. The first-order chi connectivity index (χ1) is 8.24. The molecule has 2 heteroatoms. The normalized spacial score (nSPS) is 11.1. The summed E-state index contributed by atoms with van der Waals surface area (Å²) in [5.74, 6) is 0.732. The van der Waals surface area contributed by atoms with Crippen LogP contribution >= 0.6 is 0 Å². The van der Waals surface area contributed by atoms with Gasteiger partial charge in [0.15, 0.2) is 0 Å². The van der Waals surface area contributed by atoms with Gasteiger partial charge in [0.05, 0.1) is 0 Å². The maximum absolute atomic E-state index is 3.49. The highest BCUT2D eigenvalue weighted by atomic mass is 14.9. The van der Waals surface area contributed by atoms with E-state index in [1.54, 1.807) is 0 Å². The third-order valence-electron chi connectivity index (χ3n) is 2.85. The molecule has 0 atom stereocenters. The third-order valence-corrected chi connectivity index (χ3v) is 2.85. The van der Waals surface area contributed by atoms with Crippen molar-refractivity contribution in [2.24, 2.45) is 5.92 Å². The third kappa shape index (κ3) is 5.85. The molecule has 0 fully saturated rings. The van der Waals surface area contributed by atoms with Gasteiger partial charge in [-0.1, -0.05) is 45.0 Å². The van der Waals surface area contributed by atoms with Gasteiger partial charge in [0.2, 0.25) is 0 Å². The second-order valence-corrected chi connectivity index (χ2v) is 4.90. The predicted octanol–water partition coefficient (Wildman–Crippen LogP) is 2.58. The average molecular weight is 234 g/mol. The van der Waals surface area contributed by atoms with Crippen LogP contribution in [0.5, 0.6) is 0 Å². The molecule has 0 unspecified atom stereocenters. The number of nitrogens with one attached hydrogen (secondary N) is 2. The first-order valence-corrected chi connectivity index (χ1v) is 6.72. The summed E-state index contributed by atoms with van der Waals surface area (Å²) >= 11 is 0. The summed E-state index contributed by atoms with van der Waals surface area (Å²) in [6.45, 7) is 10.8. The molecule has 0 aromatic heterocycles. The Morgan fingerprint density at radius 1 is 1.00 bits per heavy atom. The van der Waals surface area contributed by atoms with Crippen LogP contribution < -0.4 is 10.6 Å². The zero-order valence-corrected chi connectivity index (χ0v) is 11.4. The Kier molecular flexibility index (Phi) is 6.90. The Morgan fingerprint density at radius 2 is 1.65 bits per heavy atom. The zero-order valence-electron chi connectivity index (χ0n) is 11.4. The standard InChI is InChI=1S/C15H26N2/c1-4-14-7-5-6-8-15(14)12-17-10-9-16-11-13(2)3/h5-8,13,16-17H,4,9-12H2,1-3H3. The molecule has 0 aliphatic carbocycles. The highest BCUT2D eigenvalue weighted by Gasteiger charge is 1.98. The fourth-order valence-corrected chi connectivity index (χ4v) is 1.87. The summed E-state index contributed by atoms with van der Waals surface area (Å²) in [6, 6.07) is 8.67. The van der Waals surface area contributed by atoms with Gasteiger partial charge in [-0.3, -0.25) is 0 Å². The Hall–Kier alpha value is -0.860. The van der Waals surface area contributed by atoms with Gasteiger partial charge in [0.1, 0.15) is 0 Å². The smallest absolute Gasteiger partial charge is 0.0208 e. The molecule has 0 amide bonds. The topological polar surface area (TPSA) is 24.1 Å². The summed E-state index contributed by atoms with van der Waals surface area (Å²) in [5, 5.41) is 6.92. The molecule has 0 saturated heterocycles. The summed E-state index contributed by atoms with van der Waals surface area (Å²) in [5.41, 5.74) is 2.88. The first kappa shape index (κ1) is 14.2. The number of hydrogen-bond acceptors (Lipinski definition) is 2. The molecule has 2 N–H and O–H groups in total. The summed E-state index contributed by atoms with van der Waals surface area (Å²) in [4.78, 5) is 0. The molecule has 0 spiro atoms. The molecule has 0 aliphatic heterocycles. The fourth-order valence-electron chi connectivity index (χ4n) is 1.87. The van der Waals surface area contributed by atoms with Crippen molar-refractivity contribution in [1.29, 1.82) is 0 Å². The van der Waals surface area contributed by atoms with Crippen LogP contribution in [-0.4, -0.2) is 19.6 Å². The molecule has 1 aromatic rings. The Labute approximate surface area is 106 Å². The Balaban J connectivity index is 2.17. The molecule has 0 radical (unpaired) electrons. The molecular formula is C15H26N2. The quantitative estimate of drug-likeness (QED) is 0.676. The van der Waals surface area contributed by atoms with E-state index in [-0.39, 0.29) is 0 Å². The molecule has 1 rings (SSSR count). The van der Waals surface area contributed by atoms with Crippen LogP contribution in [0.3, 0.4) is 0 Å². The van der Waals surface area contributed by atoms with Crippen LogP contribution in [0.2, 0.25) is 0 Å². The lowest BCUT2D eigenvalue weighted by Gasteiger charge is -2.10. The van der Waals surface area contributed by atoms with Crippen LogP contribution in [0, 0.1) is 5.92 Å². The van der Waals surface area contributed by atoms with Crippen LogP contribution in [0.15, 0.2) is 24.3 Å². The van der Waals surface area contributed by atoms with E-state index in [0.29, 0.717) is 0 Å². The highest BCUT2D eigenvalue weighted by Crippen LogP contribution is 2.08. The predicted molar refractivity (Wildman–Crippen MR) is 75.2 cm³/mol. The molecule has 96 valence electrons. The Morgan fingerprint density at radius 3 is 2.29 bits per heavy atom. The lowest BCUT2D eigenvalue weighted by Crippen LogP contribution is -2.29. The minimum atomic E-state index is 0.732. The van der Waals surface area contributed by atoms with Gasteiger partial charge in [0.25, 0.3) is 0 Å². The molecule has 0 saturated carbocycles. The van der Waals surface area contributed by atoms with Gasteiger partial charge in [-0.2, -0.15) is 0 Å². The van der Waals surface area contributed by atoms with Crippen LogP contribution in [-0.2, 0) is 13.0 Å². The summed E-state index contributed by atoms with van der Waals surface area (Å²) in [7, 11) is 0. The molecular weight excluding hydrogens is 208 g/mol. The van der Waals surface area contributed by atoms with Crippen LogP contribution in [0.1, 0.15) is 31.9 Å². The summed E-state index contributed by atoms with van der Waals surface area (Å²) < 4.78 is 0. The monoisotopic (exact) mass is 234 g/mol. The molecule has 2 nitrogen and oxygen atoms in total. The Bertz CT molecular complexity index is 308. The minimum Gasteiger partial charge on any atom is -0.315 e. The number of benzene rings is 1. The van der Waals surface area contributed by atoms with E-state index >= 15 is 0 Å². The van der Waals surface area contributed by atoms with Gasteiger partial charge >= 0.3 is 0 Å². The van der Waals surface area contributed by atoms with Crippen molar-refractivity contribution in [1.82, 2.24) is 10.6 Å². The second-order valence-electron chi connectivity index (χ2n) is 4.90. The maximum atomic E-state index is 3.49. The van der Waals surface area contributed by atoms with Crippen molar-refractivity contribution < 1.29 is 0 Å². The van der Waals surface area contributed by atoms with Gasteiger partial charge in [-0.15, -0.1) is 0 Å². The molecule has 0 aliphatic rings. The first-order valence-electron chi connectivity index (χ1n) is 6.72. The van der Waals surface area contributed by atoms with Crippen molar-refractivity contribution >= 4 is 0 Å². The number of aryl methyl sites for hydroxylation is 1. The van der Waals surface area contributed by atoms with Crippen LogP contribution in [0.25, 0.3) is 0 Å². The van der Waals surface area contributed by atoms with Crippen molar-refractivity contribution in [3.63, 3.8) is 0 Å². The molecule has 1 aromatic carbocycles. The van der Waals surface area contributed by atoms with Gasteiger partial charge < -0.3 is 10.6 Å². The maximum Gasteiger partial charge on any atom is 0.0208 e. The average Bonchev–Trinajstić information content (AvgIpc) is 2.33. The fraction of sp³-hybridized carbons (Fsp3) is 0.600. The lowest BCUT2D eigenvalue weighted by molar-refractivity contribution is 0.535. The number of hydrogen-bond donors (Lipinski definition) is 2. The highest BCUT2D eigenvalue weighted by molar-refractivity contribution is 5.26. The number of rotatable bonds is 8. The lowest BCUT2D eigenvalue weighted by atomic mass is 10.1. The van der Waals surface area contributed by atoms with Crippen molar-refractivity contribution in [3.05, 3.63) is 35.4 Å². The van der Waals surface area contributed by atoms with Crippen molar-refractivity contribution in [2.45, 2.75) is 33.7 Å². The van der Waals surface area contributed by atoms with Crippen molar-refractivity contribution in [3.8, 4) is 0 Å². The van der Waals surface area contributed by atoms with Crippen LogP contribution in [0.4, 0.5) is 0 Å². The molecule has 17 heavy (non-hydrogen) atoms. The summed E-state index contributed by atoms with van der Waals surface area (Å²) in [6.07, 6.45) is 1.11. The van der Waals surface area contributed by atoms with E-state index in [1.807, 2.05) is 0 Å². The van der Waals surface area contributed by atoms with Gasteiger partial charge in [-0.25, -0.2) is 0 Å². The largest absolute Gasteiger partial charge is 0.315 e. The SMILES string of the molecule is CCc1ccccc1CNCCNCC(C)C. The second kappa shape index (κ2) is 8.26. The van der Waals surface area contributed by atoms with E-state index in [0.717, 1.165) is 38.5 Å². The zero-order chi connectivity index (χ0) is 12.5. The van der Waals surface area contributed by atoms with Gasteiger partial charge in [-0.05, 0) is 30.0 Å². The van der Waals surface area contributed by atoms with E-state index in [9.17, 15) is 0 Å². The van der Waals surface area contributed by atoms with Crippen molar-refractivity contribution in [2.75, 3.05) is 19.6 Å². The van der Waals surface area contributed by atoms with E-state index in [1.165, 1.54) is 11.1 Å². The van der Waals surface area contributed by atoms with Gasteiger partial charge in [0, 0.05) is 19.6 Å².